The highest BCUT2D eigenvalue weighted by atomic mass is 19.4. The van der Waals surface area contributed by atoms with Crippen molar-refractivity contribution < 1.29 is 17.6 Å². The fraction of sp³-hybridized carbons (Fsp3) is 0.100. The molecule has 7 heteroatoms. The fourth-order valence-electron chi connectivity index (χ4n) is 2.95. The molecule has 136 valence electrons. The zero-order valence-corrected chi connectivity index (χ0v) is 14.1. The number of aromatic nitrogens is 3. The second kappa shape index (κ2) is 6.19. The zero-order chi connectivity index (χ0) is 19.2. The first kappa shape index (κ1) is 17.2. The van der Waals surface area contributed by atoms with E-state index in [0.29, 0.717) is 17.3 Å². The van der Waals surface area contributed by atoms with Crippen LogP contribution in [0.25, 0.3) is 27.8 Å². The lowest BCUT2D eigenvalue weighted by molar-refractivity contribution is -0.137. The van der Waals surface area contributed by atoms with Gasteiger partial charge in [-0.05, 0) is 42.8 Å². The van der Waals surface area contributed by atoms with E-state index in [1.165, 1.54) is 12.4 Å². The lowest BCUT2D eigenvalue weighted by atomic mass is 10.1. The lowest BCUT2D eigenvalue weighted by Crippen LogP contribution is -2.07. The van der Waals surface area contributed by atoms with Gasteiger partial charge >= 0.3 is 6.18 Å². The Morgan fingerprint density at radius 2 is 1.78 bits per heavy atom. The Hall–Kier alpha value is -3.22. The maximum Gasteiger partial charge on any atom is 0.416 e. The minimum absolute atomic E-state index is 0.270. The average Bonchev–Trinajstić information content (AvgIpc) is 3.11. The number of rotatable bonds is 2. The summed E-state index contributed by atoms with van der Waals surface area (Å²) >= 11 is 0. The van der Waals surface area contributed by atoms with Crippen LogP contribution in [0.5, 0.6) is 0 Å². The highest BCUT2D eigenvalue weighted by Gasteiger charge is 2.31. The summed E-state index contributed by atoms with van der Waals surface area (Å²) in [5.41, 5.74) is 1.80. The van der Waals surface area contributed by atoms with E-state index < -0.39 is 17.6 Å². The molecule has 4 aromatic rings. The standard InChI is InChI=1S/C20H13F4N3/c1-12-8-18(26-17-5-3-2-4-15(12)17)13-10-25-27(11-13)19-9-14(20(22,23)24)6-7-16(19)21/h2-11H,1H3. The van der Waals surface area contributed by atoms with Crippen molar-refractivity contribution in [3.8, 4) is 16.9 Å². The molecule has 0 atom stereocenters. The maximum atomic E-state index is 14.1. The minimum Gasteiger partial charge on any atom is -0.248 e. The Labute approximate surface area is 151 Å². The first-order valence-corrected chi connectivity index (χ1v) is 8.11. The topological polar surface area (TPSA) is 30.7 Å². The Morgan fingerprint density at radius 1 is 1.00 bits per heavy atom. The van der Waals surface area contributed by atoms with Crippen LogP contribution in [0, 0.1) is 12.7 Å². The maximum absolute atomic E-state index is 14.1. The normalized spacial score (nSPS) is 11.9. The van der Waals surface area contributed by atoms with Gasteiger partial charge in [-0.25, -0.2) is 14.1 Å². The van der Waals surface area contributed by atoms with E-state index in [-0.39, 0.29) is 5.69 Å². The summed E-state index contributed by atoms with van der Waals surface area (Å²) in [7, 11) is 0. The van der Waals surface area contributed by atoms with E-state index in [0.717, 1.165) is 33.3 Å². The molecule has 4 rings (SSSR count). The number of aryl methyl sites for hydroxylation is 1. The van der Waals surface area contributed by atoms with Gasteiger partial charge < -0.3 is 0 Å². The van der Waals surface area contributed by atoms with Crippen molar-refractivity contribution in [3.63, 3.8) is 0 Å². The predicted octanol–water partition coefficient (Wildman–Crippen LogP) is 5.55. The van der Waals surface area contributed by atoms with E-state index in [9.17, 15) is 17.6 Å². The molecule has 0 unspecified atom stereocenters. The van der Waals surface area contributed by atoms with Crippen molar-refractivity contribution in [2.75, 3.05) is 0 Å². The van der Waals surface area contributed by atoms with Gasteiger partial charge in [0.1, 0.15) is 11.5 Å². The molecule has 0 saturated heterocycles. The van der Waals surface area contributed by atoms with Gasteiger partial charge in [0.25, 0.3) is 0 Å². The lowest BCUT2D eigenvalue weighted by Gasteiger charge is -2.09. The molecule has 2 aromatic carbocycles. The van der Waals surface area contributed by atoms with Crippen LogP contribution in [0.2, 0.25) is 0 Å². The van der Waals surface area contributed by atoms with Gasteiger partial charge in [0.15, 0.2) is 0 Å². The largest absolute Gasteiger partial charge is 0.416 e. The van der Waals surface area contributed by atoms with Crippen LogP contribution in [0.15, 0.2) is 60.9 Å². The van der Waals surface area contributed by atoms with Gasteiger partial charge in [-0.2, -0.15) is 18.3 Å². The molecule has 0 bridgehead atoms. The molecule has 0 fully saturated rings. The second-order valence-corrected chi connectivity index (χ2v) is 6.18. The molecule has 2 heterocycles. The molecule has 3 nitrogen and oxygen atoms in total. The van der Waals surface area contributed by atoms with Crippen LogP contribution in [-0.2, 0) is 6.18 Å². The molecule has 0 N–H and O–H groups in total. The summed E-state index contributed by atoms with van der Waals surface area (Å²) in [5, 5.41) is 5.04. The smallest absolute Gasteiger partial charge is 0.248 e. The molecular formula is C20H13F4N3. The average molecular weight is 371 g/mol. The van der Waals surface area contributed by atoms with Crippen molar-refractivity contribution in [2.24, 2.45) is 0 Å². The van der Waals surface area contributed by atoms with Crippen molar-refractivity contribution in [1.29, 1.82) is 0 Å². The van der Waals surface area contributed by atoms with E-state index in [2.05, 4.69) is 10.1 Å². The molecule has 0 saturated carbocycles. The first-order chi connectivity index (χ1) is 12.8. The number of alkyl halides is 3. The Balaban J connectivity index is 1.79. The van der Waals surface area contributed by atoms with Crippen molar-refractivity contribution in [1.82, 2.24) is 14.8 Å². The van der Waals surface area contributed by atoms with Gasteiger partial charge in [-0.1, -0.05) is 18.2 Å². The number of para-hydroxylation sites is 1. The third kappa shape index (κ3) is 3.16. The van der Waals surface area contributed by atoms with Gasteiger partial charge in [-0.15, -0.1) is 0 Å². The second-order valence-electron chi connectivity index (χ2n) is 6.18. The van der Waals surface area contributed by atoms with Gasteiger partial charge in [0.2, 0.25) is 0 Å². The number of benzene rings is 2. The zero-order valence-electron chi connectivity index (χ0n) is 14.1. The highest BCUT2D eigenvalue weighted by Crippen LogP contribution is 2.32. The first-order valence-electron chi connectivity index (χ1n) is 8.11. The number of halogens is 4. The summed E-state index contributed by atoms with van der Waals surface area (Å²) < 4.78 is 53.9. The van der Waals surface area contributed by atoms with Crippen LogP contribution in [0.4, 0.5) is 17.6 Å². The summed E-state index contributed by atoms with van der Waals surface area (Å²) in [5.74, 6) is -0.791. The molecular weight excluding hydrogens is 358 g/mol. The van der Waals surface area contributed by atoms with Crippen LogP contribution < -0.4 is 0 Å². The predicted molar refractivity (Wildman–Crippen MR) is 94.0 cm³/mol. The summed E-state index contributed by atoms with van der Waals surface area (Å²) in [6, 6.07) is 11.7. The van der Waals surface area contributed by atoms with Crippen LogP contribution >= 0.6 is 0 Å². The molecule has 0 radical (unpaired) electrons. The number of pyridine rings is 1. The molecule has 27 heavy (non-hydrogen) atoms. The number of hydrogen-bond acceptors (Lipinski definition) is 2. The van der Waals surface area contributed by atoms with Crippen LogP contribution in [0.3, 0.4) is 0 Å². The third-order valence-electron chi connectivity index (χ3n) is 4.32. The number of hydrogen-bond donors (Lipinski definition) is 0. The molecule has 0 amide bonds. The Bertz CT molecular complexity index is 1150. The summed E-state index contributed by atoms with van der Waals surface area (Å²) in [4.78, 5) is 4.57. The Morgan fingerprint density at radius 3 is 2.56 bits per heavy atom. The van der Waals surface area contributed by atoms with Crippen LogP contribution in [0.1, 0.15) is 11.1 Å². The quantitative estimate of drug-likeness (QED) is 0.432. The van der Waals surface area contributed by atoms with E-state index >= 15 is 0 Å². The van der Waals surface area contributed by atoms with Gasteiger partial charge in [0.05, 0.1) is 23.0 Å². The molecule has 2 aromatic heterocycles. The van der Waals surface area contributed by atoms with E-state index in [4.69, 9.17) is 0 Å². The summed E-state index contributed by atoms with van der Waals surface area (Å²) in [6.45, 7) is 1.95. The van der Waals surface area contributed by atoms with Gasteiger partial charge in [-0.3, -0.25) is 0 Å². The van der Waals surface area contributed by atoms with E-state index in [1.807, 2.05) is 37.3 Å². The minimum atomic E-state index is -4.56. The SMILES string of the molecule is Cc1cc(-c2cnn(-c3cc(C(F)(F)F)ccc3F)c2)nc2ccccc12. The molecule has 0 aliphatic rings. The van der Waals surface area contributed by atoms with Crippen molar-refractivity contribution in [3.05, 3.63) is 77.9 Å². The monoisotopic (exact) mass is 371 g/mol. The number of nitrogens with zero attached hydrogens (tertiary/aromatic N) is 3. The van der Waals surface area contributed by atoms with Crippen LogP contribution in [-0.4, -0.2) is 14.8 Å². The fourth-order valence-corrected chi connectivity index (χ4v) is 2.95. The molecule has 0 aliphatic carbocycles. The Kier molecular flexibility index (Phi) is 3.95. The number of fused-ring (bicyclic) bond motifs is 1. The molecule has 0 spiro atoms. The van der Waals surface area contributed by atoms with Gasteiger partial charge in [0, 0.05) is 17.1 Å². The molecule has 0 aliphatic heterocycles. The van der Waals surface area contributed by atoms with E-state index in [1.54, 1.807) is 0 Å². The van der Waals surface area contributed by atoms with Crippen molar-refractivity contribution in [2.45, 2.75) is 13.1 Å². The van der Waals surface area contributed by atoms with Crippen molar-refractivity contribution >= 4 is 10.9 Å². The third-order valence-corrected chi connectivity index (χ3v) is 4.32. The summed E-state index contributed by atoms with van der Waals surface area (Å²) in [6.07, 6.45) is -1.64. The highest BCUT2D eigenvalue weighted by molar-refractivity contribution is 5.84.